The smallest absolute Gasteiger partial charge is 0.340 e. The Bertz CT molecular complexity index is 1090. The van der Waals surface area contributed by atoms with Crippen molar-refractivity contribution >= 4 is 45.0 Å². The largest absolute Gasteiger partial charge is 0.465 e. The minimum atomic E-state index is -3.88. The summed E-state index contributed by atoms with van der Waals surface area (Å²) in [5, 5.41) is 0. The van der Waals surface area contributed by atoms with Crippen LogP contribution in [0.15, 0.2) is 33.4 Å². The fraction of sp³-hybridized carbons (Fsp3) is 0.455. The van der Waals surface area contributed by atoms with E-state index >= 15 is 0 Å². The fourth-order valence-electron chi connectivity index (χ4n) is 3.52. The molecule has 2 aromatic rings. The second-order valence-corrected chi connectivity index (χ2v) is 11.6. The van der Waals surface area contributed by atoms with Gasteiger partial charge in [0, 0.05) is 22.4 Å². The summed E-state index contributed by atoms with van der Waals surface area (Å²) in [4.78, 5) is 29.0. The lowest BCUT2D eigenvalue weighted by Crippen LogP contribution is -2.36. The number of hydrogen-bond acceptors (Lipinski definition) is 7. The molecule has 1 N–H and O–H groups in total. The van der Waals surface area contributed by atoms with Gasteiger partial charge in [0.15, 0.2) is 0 Å². The average Bonchev–Trinajstić information content (AvgIpc) is 3.18. The summed E-state index contributed by atoms with van der Waals surface area (Å²) in [6, 6.07) is 7.62. The van der Waals surface area contributed by atoms with E-state index in [1.807, 2.05) is 37.4 Å². The second-order valence-electron chi connectivity index (χ2n) is 7.68. The number of thioether (sulfide) groups is 1. The molecule has 0 radical (unpaired) electrons. The van der Waals surface area contributed by atoms with Crippen LogP contribution < -0.4 is 4.72 Å². The lowest BCUT2D eigenvalue weighted by molar-refractivity contribution is -0.131. The van der Waals surface area contributed by atoms with Crippen LogP contribution in [0.1, 0.15) is 46.6 Å². The summed E-state index contributed by atoms with van der Waals surface area (Å²) in [7, 11) is -2.64. The number of carbonyl (C=O) groups excluding carboxylic acids is 2. The number of fused-ring (bicyclic) bond motifs is 1. The molecule has 32 heavy (non-hydrogen) atoms. The molecule has 7 nitrogen and oxygen atoms in total. The zero-order chi connectivity index (χ0) is 23.5. The minimum Gasteiger partial charge on any atom is -0.465 e. The van der Waals surface area contributed by atoms with Crippen molar-refractivity contribution < 1.29 is 22.7 Å². The number of nitrogens with zero attached hydrogens (tertiary/aromatic N) is 1. The topological polar surface area (TPSA) is 92.8 Å². The fourth-order valence-corrected chi connectivity index (χ4v) is 7.17. The highest BCUT2D eigenvalue weighted by Gasteiger charge is 2.35. The first-order chi connectivity index (χ1) is 15.2. The van der Waals surface area contributed by atoms with Gasteiger partial charge in [-0.15, -0.1) is 23.1 Å². The van der Waals surface area contributed by atoms with E-state index in [1.54, 1.807) is 23.6 Å². The number of sulfonamides is 1. The van der Waals surface area contributed by atoms with Crippen LogP contribution in [-0.2, 0) is 38.9 Å². The first kappa shape index (κ1) is 24.8. The molecule has 0 saturated carbocycles. The lowest BCUT2D eigenvalue weighted by atomic mass is 10.0. The molecule has 0 spiro atoms. The molecular weight excluding hydrogens is 468 g/mol. The van der Waals surface area contributed by atoms with Crippen molar-refractivity contribution in [2.75, 3.05) is 19.9 Å². The average molecular weight is 497 g/mol. The van der Waals surface area contributed by atoms with Crippen LogP contribution >= 0.6 is 23.1 Å². The van der Waals surface area contributed by atoms with E-state index in [0.717, 1.165) is 21.8 Å². The van der Waals surface area contributed by atoms with Gasteiger partial charge in [-0.2, -0.15) is 0 Å². The predicted molar refractivity (Wildman–Crippen MR) is 127 cm³/mol. The Hall–Kier alpha value is -1.88. The SMILES string of the molecule is CC[C@H](C)NS(=O)(=O)c1sc2c(c1C(=O)OC)CCN(C(=O)Cc1ccc(SC)cc1)C2. The zero-order valence-corrected chi connectivity index (χ0v) is 21.1. The minimum absolute atomic E-state index is 0.0253. The maximum Gasteiger partial charge on any atom is 0.340 e. The maximum absolute atomic E-state index is 13.0. The van der Waals surface area contributed by atoms with E-state index in [-0.39, 0.29) is 34.7 Å². The first-order valence-electron chi connectivity index (χ1n) is 10.4. The van der Waals surface area contributed by atoms with Crippen LogP contribution in [0.25, 0.3) is 0 Å². The third kappa shape index (κ3) is 5.36. The molecule has 1 aliphatic rings. The maximum atomic E-state index is 13.0. The third-order valence-electron chi connectivity index (χ3n) is 5.49. The normalized spacial score (nSPS) is 14.7. The first-order valence-corrected chi connectivity index (χ1v) is 13.9. The standard InChI is InChI=1S/C22H28N2O5S3/c1-5-14(2)23-32(27,28)22-20(21(26)29-3)17-10-11-24(13-18(17)31-22)19(25)12-15-6-8-16(30-4)9-7-15/h6-9,14,23H,5,10-13H2,1-4H3/t14-/m0/s1. The molecule has 1 aliphatic heterocycles. The number of methoxy groups -OCH3 is 1. The summed E-state index contributed by atoms with van der Waals surface area (Å²) in [6.07, 6.45) is 3.31. The molecule has 174 valence electrons. The lowest BCUT2D eigenvalue weighted by Gasteiger charge is -2.27. The molecule has 0 unspecified atom stereocenters. The van der Waals surface area contributed by atoms with E-state index in [1.165, 1.54) is 7.11 Å². The molecule has 0 fully saturated rings. The number of ether oxygens (including phenoxy) is 1. The van der Waals surface area contributed by atoms with E-state index in [2.05, 4.69) is 4.72 Å². The zero-order valence-electron chi connectivity index (χ0n) is 18.6. The van der Waals surface area contributed by atoms with Crippen molar-refractivity contribution in [3.63, 3.8) is 0 Å². The molecule has 1 amide bonds. The van der Waals surface area contributed by atoms with E-state index < -0.39 is 16.0 Å². The van der Waals surface area contributed by atoms with Crippen LogP contribution in [0.2, 0.25) is 0 Å². The Morgan fingerprint density at radius 2 is 1.97 bits per heavy atom. The van der Waals surface area contributed by atoms with Crippen molar-refractivity contribution in [3.8, 4) is 0 Å². The van der Waals surface area contributed by atoms with Crippen LogP contribution in [0.3, 0.4) is 0 Å². The molecular formula is C22H28N2O5S3. The molecule has 0 bridgehead atoms. The highest BCUT2D eigenvalue weighted by molar-refractivity contribution is 7.98. The van der Waals surface area contributed by atoms with Gasteiger partial charge in [-0.3, -0.25) is 4.79 Å². The van der Waals surface area contributed by atoms with Crippen LogP contribution in [0.5, 0.6) is 0 Å². The summed E-state index contributed by atoms with van der Waals surface area (Å²) in [6.45, 7) is 4.36. The quantitative estimate of drug-likeness (QED) is 0.444. The number of benzene rings is 1. The van der Waals surface area contributed by atoms with Gasteiger partial charge < -0.3 is 9.64 Å². The molecule has 2 heterocycles. The van der Waals surface area contributed by atoms with Crippen molar-refractivity contribution in [3.05, 3.63) is 45.8 Å². The highest BCUT2D eigenvalue weighted by atomic mass is 32.2. The summed E-state index contributed by atoms with van der Waals surface area (Å²) >= 11 is 2.69. The molecule has 1 aromatic carbocycles. The Morgan fingerprint density at radius 3 is 2.56 bits per heavy atom. The van der Waals surface area contributed by atoms with E-state index in [9.17, 15) is 18.0 Å². The van der Waals surface area contributed by atoms with Crippen molar-refractivity contribution in [1.29, 1.82) is 0 Å². The number of rotatable bonds is 8. The van der Waals surface area contributed by atoms with Crippen LogP contribution in [-0.4, -0.2) is 51.1 Å². The van der Waals surface area contributed by atoms with Gasteiger partial charge in [0.1, 0.15) is 4.21 Å². The number of esters is 1. The number of amides is 1. The van der Waals surface area contributed by atoms with E-state index in [4.69, 9.17) is 4.74 Å². The van der Waals surface area contributed by atoms with E-state index in [0.29, 0.717) is 29.8 Å². The second kappa shape index (κ2) is 10.4. The van der Waals surface area contributed by atoms with Gasteiger partial charge >= 0.3 is 5.97 Å². The van der Waals surface area contributed by atoms with Gasteiger partial charge in [-0.05, 0) is 49.3 Å². The Labute approximate surface area is 197 Å². The molecule has 0 aliphatic carbocycles. The molecule has 0 saturated heterocycles. The van der Waals surface area contributed by atoms with Crippen molar-refractivity contribution in [1.82, 2.24) is 9.62 Å². The highest BCUT2D eigenvalue weighted by Crippen LogP contribution is 2.37. The van der Waals surface area contributed by atoms with Crippen molar-refractivity contribution in [2.24, 2.45) is 0 Å². The van der Waals surface area contributed by atoms with Gasteiger partial charge in [0.2, 0.25) is 5.91 Å². The van der Waals surface area contributed by atoms with Crippen LogP contribution in [0, 0.1) is 0 Å². The van der Waals surface area contributed by atoms with Crippen LogP contribution in [0.4, 0.5) is 0 Å². The molecule has 3 rings (SSSR count). The number of carbonyl (C=O) groups is 2. The summed E-state index contributed by atoms with van der Waals surface area (Å²) in [5.41, 5.74) is 1.70. The van der Waals surface area contributed by atoms with Crippen molar-refractivity contribution in [2.45, 2.75) is 54.8 Å². The molecule has 1 atom stereocenters. The monoisotopic (exact) mass is 496 g/mol. The van der Waals surface area contributed by atoms with Gasteiger partial charge in [-0.25, -0.2) is 17.9 Å². The molecule has 1 aromatic heterocycles. The number of thiophene rings is 1. The Balaban J connectivity index is 1.86. The Morgan fingerprint density at radius 1 is 1.28 bits per heavy atom. The summed E-state index contributed by atoms with van der Waals surface area (Å²) in [5.74, 6) is -0.691. The predicted octanol–water partition coefficient (Wildman–Crippen LogP) is 3.46. The number of hydrogen-bond donors (Lipinski definition) is 1. The molecule has 10 heteroatoms. The van der Waals surface area contributed by atoms with Gasteiger partial charge in [0.05, 0.1) is 25.6 Å². The van der Waals surface area contributed by atoms with Gasteiger partial charge in [0.25, 0.3) is 10.0 Å². The Kier molecular flexibility index (Phi) is 8.02. The summed E-state index contributed by atoms with van der Waals surface area (Å²) < 4.78 is 33.4. The number of nitrogens with one attached hydrogen (secondary N) is 1. The third-order valence-corrected chi connectivity index (χ3v) is 9.56. The van der Waals surface area contributed by atoms with Gasteiger partial charge in [-0.1, -0.05) is 19.1 Å².